The summed E-state index contributed by atoms with van der Waals surface area (Å²) in [4.78, 5) is 14.5. The highest BCUT2D eigenvalue weighted by atomic mass is 16.2. The molecule has 122 valence electrons. The summed E-state index contributed by atoms with van der Waals surface area (Å²) in [5, 5.41) is 8.06. The Labute approximate surface area is 133 Å². The summed E-state index contributed by atoms with van der Waals surface area (Å²) in [5.41, 5.74) is 1.13. The predicted molar refractivity (Wildman–Crippen MR) is 86.7 cm³/mol. The molecule has 3 rings (SSSR count). The van der Waals surface area contributed by atoms with Gasteiger partial charge in [-0.25, -0.2) is 0 Å². The molecule has 0 aromatic carbocycles. The minimum absolute atomic E-state index is 0.221. The molecule has 2 aliphatic heterocycles. The van der Waals surface area contributed by atoms with Gasteiger partial charge in [-0.15, -0.1) is 0 Å². The smallest absolute Gasteiger partial charge is 0.244 e. The van der Waals surface area contributed by atoms with E-state index in [4.69, 9.17) is 0 Å². The SMILES string of the molecule is O=C(Cn1ccc([C@H]2CCCNC2)n1)N1CCCCCCC1. The van der Waals surface area contributed by atoms with Crippen LogP contribution in [0.25, 0.3) is 0 Å². The molecule has 1 atom stereocenters. The Bertz CT molecular complexity index is 471. The molecule has 0 spiro atoms. The zero-order valence-corrected chi connectivity index (χ0v) is 13.5. The Balaban J connectivity index is 1.55. The molecule has 0 radical (unpaired) electrons. The fourth-order valence-electron chi connectivity index (χ4n) is 3.52. The second-order valence-electron chi connectivity index (χ2n) is 6.63. The van der Waals surface area contributed by atoms with Gasteiger partial charge in [-0.05, 0) is 38.3 Å². The quantitative estimate of drug-likeness (QED) is 0.931. The molecule has 1 amide bonds. The van der Waals surface area contributed by atoms with Gasteiger partial charge in [0, 0.05) is 31.7 Å². The number of carbonyl (C=O) groups excluding carboxylic acids is 1. The van der Waals surface area contributed by atoms with Gasteiger partial charge in [-0.3, -0.25) is 9.48 Å². The minimum Gasteiger partial charge on any atom is -0.341 e. The van der Waals surface area contributed by atoms with Crippen molar-refractivity contribution in [3.8, 4) is 0 Å². The van der Waals surface area contributed by atoms with Crippen LogP contribution in [0.4, 0.5) is 0 Å². The number of hydrogen-bond donors (Lipinski definition) is 1. The van der Waals surface area contributed by atoms with Crippen molar-refractivity contribution in [3.05, 3.63) is 18.0 Å². The third-order valence-corrected chi connectivity index (χ3v) is 4.88. The molecule has 1 N–H and O–H groups in total. The van der Waals surface area contributed by atoms with Crippen LogP contribution >= 0.6 is 0 Å². The summed E-state index contributed by atoms with van der Waals surface area (Å²) in [7, 11) is 0. The van der Waals surface area contributed by atoms with E-state index >= 15 is 0 Å². The zero-order chi connectivity index (χ0) is 15.2. The normalized spacial score (nSPS) is 23.8. The molecule has 1 aromatic heterocycles. The van der Waals surface area contributed by atoms with Crippen molar-refractivity contribution in [2.75, 3.05) is 26.2 Å². The van der Waals surface area contributed by atoms with Crippen LogP contribution in [0.1, 0.15) is 56.6 Å². The summed E-state index contributed by atoms with van der Waals surface area (Å²) in [5.74, 6) is 0.727. The maximum Gasteiger partial charge on any atom is 0.244 e. The number of nitrogens with zero attached hydrogens (tertiary/aromatic N) is 3. The minimum atomic E-state index is 0.221. The summed E-state index contributed by atoms with van der Waals surface area (Å²) in [6, 6.07) is 2.08. The van der Waals surface area contributed by atoms with Gasteiger partial charge in [0.2, 0.25) is 5.91 Å². The molecule has 5 nitrogen and oxygen atoms in total. The van der Waals surface area contributed by atoms with Gasteiger partial charge >= 0.3 is 0 Å². The third kappa shape index (κ3) is 4.09. The van der Waals surface area contributed by atoms with Gasteiger partial charge < -0.3 is 10.2 Å². The van der Waals surface area contributed by atoms with Gasteiger partial charge in [0.05, 0.1) is 5.69 Å². The van der Waals surface area contributed by atoms with E-state index in [-0.39, 0.29) is 5.91 Å². The molecule has 2 fully saturated rings. The first kappa shape index (κ1) is 15.5. The lowest BCUT2D eigenvalue weighted by Gasteiger charge is -2.24. The van der Waals surface area contributed by atoms with Crippen LogP contribution in [0.5, 0.6) is 0 Å². The molecule has 0 aliphatic carbocycles. The van der Waals surface area contributed by atoms with Crippen LogP contribution in [0.2, 0.25) is 0 Å². The fourth-order valence-corrected chi connectivity index (χ4v) is 3.52. The van der Waals surface area contributed by atoms with Gasteiger partial charge in [0.15, 0.2) is 0 Å². The molecule has 1 aromatic rings. The lowest BCUT2D eigenvalue weighted by Crippen LogP contribution is -2.36. The Morgan fingerprint density at radius 2 is 1.95 bits per heavy atom. The molecule has 2 aliphatic rings. The standard InChI is InChI=1S/C17H28N4O/c22-17(20-10-4-2-1-3-5-11-20)14-21-12-8-16(19-21)15-7-6-9-18-13-15/h8,12,15,18H,1-7,9-11,13-14H2/t15-/m0/s1. The number of aromatic nitrogens is 2. The summed E-state index contributed by atoms with van der Waals surface area (Å²) >= 11 is 0. The van der Waals surface area contributed by atoms with E-state index in [2.05, 4.69) is 16.5 Å². The molecule has 3 heterocycles. The highest BCUT2D eigenvalue weighted by Crippen LogP contribution is 2.21. The van der Waals surface area contributed by atoms with Gasteiger partial charge in [-0.2, -0.15) is 5.10 Å². The lowest BCUT2D eigenvalue weighted by atomic mass is 9.97. The maximum absolute atomic E-state index is 12.5. The zero-order valence-electron chi connectivity index (χ0n) is 13.5. The average Bonchev–Trinajstić information content (AvgIpc) is 2.96. The van der Waals surface area contributed by atoms with Crippen molar-refractivity contribution in [2.45, 2.75) is 57.4 Å². The van der Waals surface area contributed by atoms with E-state index in [0.717, 1.165) is 44.7 Å². The molecule has 5 heteroatoms. The molecule has 0 saturated carbocycles. The van der Waals surface area contributed by atoms with Crippen LogP contribution in [0.15, 0.2) is 12.3 Å². The van der Waals surface area contributed by atoms with E-state index < -0.39 is 0 Å². The van der Waals surface area contributed by atoms with E-state index in [1.165, 1.54) is 32.1 Å². The van der Waals surface area contributed by atoms with E-state index in [9.17, 15) is 4.79 Å². The van der Waals surface area contributed by atoms with Gasteiger partial charge in [0.1, 0.15) is 6.54 Å². The summed E-state index contributed by atoms with van der Waals surface area (Å²) in [6.45, 7) is 4.35. The lowest BCUT2D eigenvalue weighted by molar-refractivity contribution is -0.132. The summed E-state index contributed by atoms with van der Waals surface area (Å²) in [6.07, 6.45) is 10.5. The van der Waals surface area contributed by atoms with Crippen molar-refractivity contribution in [3.63, 3.8) is 0 Å². The van der Waals surface area contributed by atoms with Crippen molar-refractivity contribution in [1.29, 1.82) is 0 Å². The van der Waals surface area contributed by atoms with E-state index in [1.807, 2.05) is 15.8 Å². The average molecular weight is 304 g/mol. The van der Waals surface area contributed by atoms with Crippen molar-refractivity contribution < 1.29 is 4.79 Å². The third-order valence-electron chi connectivity index (χ3n) is 4.88. The number of nitrogens with one attached hydrogen (secondary N) is 1. The number of amides is 1. The number of rotatable bonds is 3. The van der Waals surface area contributed by atoms with Gasteiger partial charge in [-0.1, -0.05) is 19.3 Å². The summed E-state index contributed by atoms with van der Waals surface area (Å²) < 4.78 is 1.82. The first-order valence-electron chi connectivity index (χ1n) is 8.85. The second kappa shape index (κ2) is 7.77. The van der Waals surface area contributed by atoms with E-state index in [1.54, 1.807) is 0 Å². The number of carbonyl (C=O) groups is 1. The Morgan fingerprint density at radius 1 is 1.18 bits per heavy atom. The van der Waals surface area contributed by atoms with Crippen LogP contribution in [-0.4, -0.2) is 46.8 Å². The second-order valence-corrected chi connectivity index (χ2v) is 6.63. The Hall–Kier alpha value is -1.36. The fraction of sp³-hybridized carbons (Fsp3) is 0.765. The topological polar surface area (TPSA) is 50.2 Å². The predicted octanol–water partition coefficient (Wildman–Crippen LogP) is 2.14. The molecule has 0 bridgehead atoms. The largest absolute Gasteiger partial charge is 0.341 e. The van der Waals surface area contributed by atoms with Gasteiger partial charge in [0.25, 0.3) is 0 Å². The van der Waals surface area contributed by atoms with Crippen molar-refractivity contribution >= 4 is 5.91 Å². The number of hydrogen-bond acceptors (Lipinski definition) is 3. The highest BCUT2D eigenvalue weighted by Gasteiger charge is 2.19. The van der Waals surface area contributed by atoms with Crippen LogP contribution < -0.4 is 5.32 Å². The molecule has 22 heavy (non-hydrogen) atoms. The number of likely N-dealkylation sites (tertiary alicyclic amines) is 1. The first-order valence-corrected chi connectivity index (χ1v) is 8.85. The number of piperidine rings is 1. The molecule has 2 saturated heterocycles. The monoisotopic (exact) mass is 304 g/mol. The van der Waals surface area contributed by atoms with Crippen LogP contribution in [0.3, 0.4) is 0 Å². The highest BCUT2D eigenvalue weighted by molar-refractivity contribution is 5.75. The van der Waals surface area contributed by atoms with Crippen LogP contribution in [-0.2, 0) is 11.3 Å². The first-order chi connectivity index (χ1) is 10.8. The molecule has 0 unspecified atom stereocenters. The Kier molecular flexibility index (Phi) is 5.48. The Morgan fingerprint density at radius 3 is 2.68 bits per heavy atom. The maximum atomic E-state index is 12.5. The van der Waals surface area contributed by atoms with Crippen molar-refractivity contribution in [2.24, 2.45) is 0 Å². The molecular weight excluding hydrogens is 276 g/mol. The van der Waals surface area contributed by atoms with E-state index in [0.29, 0.717) is 12.5 Å². The molecular formula is C17H28N4O. The van der Waals surface area contributed by atoms with Crippen LogP contribution in [0, 0.1) is 0 Å². The van der Waals surface area contributed by atoms with Crippen molar-refractivity contribution in [1.82, 2.24) is 20.0 Å².